The fraction of sp³-hybridized carbons (Fsp3) is 0.455. The van der Waals surface area contributed by atoms with Crippen LogP contribution in [0.1, 0.15) is 12.8 Å². The van der Waals surface area contributed by atoms with E-state index in [1.54, 1.807) is 18.0 Å². The maximum Gasteiger partial charge on any atom is 0.301 e. The van der Waals surface area contributed by atoms with E-state index in [0.29, 0.717) is 0 Å². The van der Waals surface area contributed by atoms with Crippen molar-refractivity contribution < 1.29 is 29.0 Å². The lowest BCUT2D eigenvalue weighted by Gasteiger charge is -2.03. The summed E-state index contributed by atoms with van der Waals surface area (Å²) in [5.41, 5.74) is 5.62. The number of hydrogen-bond donors (Lipinski definition) is 3. The Morgan fingerprint density at radius 3 is 2.94 bits per heavy atom. The lowest BCUT2D eigenvalue weighted by atomic mass is 10.3. The maximum atomic E-state index is 5.62. The van der Waals surface area contributed by atoms with Gasteiger partial charge in [-0.25, -0.2) is 4.98 Å². The van der Waals surface area contributed by atoms with Crippen molar-refractivity contribution in [3.63, 3.8) is 0 Å². The number of aromatic nitrogens is 1. The number of pyridine rings is 1. The molecule has 6 heteroatoms. The van der Waals surface area contributed by atoms with Crippen LogP contribution in [0.15, 0.2) is 24.4 Å². The fourth-order valence-corrected chi connectivity index (χ4v) is 1.46. The predicted octanol–water partition coefficient (Wildman–Crippen LogP) is -2.96. The Labute approximate surface area is 124 Å². The van der Waals surface area contributed by atoms with Gasteiger partial charge < -0.3 is 29.3 Å². The van der Waals surface area contributed by atoms with Crippen LogP contribution in [0.2, 0.25) is 0 Å². The highest BCUT2D eigenvalue weighted by Crippen LogP contribution is 1.99. The summed E-state index contributed by atoms with van der Waals surface area (Å²) in [7, 11) is 0. The van der Waals surface area contributed by atoms with Crippen molar-refractivity contribution >= 4 is 22.7 Å². The molecule has 0 bridgehead atoms. The zero-order valence-electron chi connectivity index (χ0n) is 9.95. The normalized spacial score (nSPS) is 10.8. The first-order valence-electron chi connectivity index (χ1n) is 5.38. The first-order valence-corrected chi connectivity index (χ1v) is 6.60. The van der Waals surface area contributed by atoms with Crippen LogP contribution in [0.3, 0.4) is 0 Å². The molecule has 0 aliphatic rings. The summed E-state index contributed by atoms with van der Waals surface area (Å²) in [5, 5.41) is 4.05. The van der Waals surface area contributed by atoms with Crippen LogP contribution in [0.4, 0.5) is 5.82 Å². The number of hydrogen-bond acceptors (Lipinski definition) is 3. The van der Waals surface area contributed by atoms with Gasteiger partial charge in [-0.3, -0.25) is 10.7 Å². The lowest BCUT2D eigenvalue weighted by Crippen LogP contribution is -3.00. The molecule has 0 amide bonds. The van der Waals surface area contributed by atoms with Gasteiger partial charge in [-0.15, -0.1) is 0 Å². The Morgan fingerprint density at radius 1 is 1.47 bits per heavy atom. The smallest absolute Gasteiger partial charge is 0.301 e. The molecule has 1 aromatic rings. The van der Waals surface area contributed by atoms with Crippen molar-refractivity contribution in [2.24, 2.45) is 5.73 Å². The Bertz CT molecular complexity index is 319. The highest BCUT2D eigenvalue weighted by Gasteiger charge is 1.94. The molecule has 0 saturated carbocycles. The van der Waals surface area contributed by atoms with Crippen molar-refractivity contribution in [2.75, 3.05) is 24.7 Å². The molecular formula is C11H19IN4S. The monoisotopic (exact) mass is 366 g/mol. The number of amidine groups is 1. The third-order valence-electron chi connectivity index (χ3n) is 2.09. The molecule has 0 atom stereocenters. The van der Waals surface area contributed by atoms with Crippen molar-refractivity contribution in [3.8, 4) is 0 Å². The minimum atomic E-state index is 0. The topological polar surface area (TPSA) is 64.9 Å². The van der Waals surface area contributed by atoms with E-state index in [9.17, 15) is 0 Å². The molecule has 0 unspecified atom stereocenters. The zero-order chi connectivity index (χ0) is 11.6. The van der Waals surface area contributed by atoms with Gasteiger partial charge in [0.05, 0.1) is 6.54 Å². The third-order valence-corrected chi connectivity index (χ3v) is 2.68. The van der Waals surface area contributed by atoms with Crippen LogP contribution in [0, 0.1) is 0 Å². The Kier molecular flexibility index (Phi) is 10.3. The fourth-order valence-electron chi connectivity index (χ4n) is 1.22. The number of thioether (sulfide) groups is 1. The molecule has 17 heavy (non-hydrogen) atoms. The van der Waals surface area contributed by atoms with Gasteiger partial charge in [0.15, 0.2) is 0 Å². The zero-order valence-corrected chi connectivity index (χ0v) is 12.9. The van der Waals surface area contributed by atoms with E-state index in [1.807, 2.05) is 24.5 Å². The van der Waals surface area contributed by atoms with E-state index in [-0.39, 0.29) is 24.0 Å². The lowest BCUT2D eigenvalue weighted by molar-refractivity contribution is -0.455. The van der Waals surface area contributed by atoms with Crippen molar-refractivity contribution in [3.05, 3.63) is 24.4 Å². The Morgan fingerprint density at radius 2 is 2.29 bits per heavy atom. The van der Waals surface area contributed by atoms with E-state index in [4.69, 9.17) is 5.73 Å². The summed E-state index contributed by atoms with van der Waals surface area (Å²) >= 11 is 1.54. The molecule has 1 aromatic heterocycles. The molecule has 0 saturated heterocycles. The number of nitrogens with one attached hydrogen (secondary N) is 2. The molecule has 0 radical (unpaired) electrons. The molecule has 4 N–H and O–H groups in total. The van der Waals surface area contributed by atoms with E-state index < -0.39 is 0 Å². The van der Waals surface area contributed by atoms with E-state index in [2.05, 4.69) is 15.3 Å². The summed E-state index contributed by atoms with van der Waals surface area (Å²) < 4.78 is 0. The Balaban J connectivity index is 0.00000256. The third kappa shape index (κ3) is 8.25. The van der Waals surface area contributed by atoms with E-state index in [0.717, 1.165) is 36.9 Å². The van der Waals surface area contributed by atoms with Gasteiger partial charge in [0.25, 0.3) is 0 Å². The molecule has 96 valence electrons. The first-order chi connectivity index (χ1) is 7.83. The molecule has 0 aliphatic carbocycles. The van der Waals surface area contributed by atoms with Gasteiger partial charge >= 0.3 is 5.17 Å². The van der Waals surface area contributed by atoms with Gasteiger partial charge in [-0.1, -0.05) is 6.07 Å². The minimum Gasteiger partial charge on any atom is -1.00 e. The summed E-state index contributed by atoms with van der Waals surface area (Å²) in [6.07, 6.45) is 5.95. The van der Waals surface area contributed by atoms with Crippen LogP contribution < -0.4 is 40.0 Å². The van der Waals surface area contributed by atoms with Crippen LogP contribution in [-0.4, -0.2) is 29.5 Å². The molecule has 0 spiro atoms. The molecule has 0 aromatic carbocycles. The van der Waals surface area contributed by atoms with Crippen molar-refractivity contribution in [2.45, 2.75) is 12.8 Å². The largest absolute Gasteiger partial charge is 1.00 e. The van der Waals surface area contributed by atoms with Gasteiger partial charge in [0.1, 0.15) is 5.82 Å². The van der Waals surface area contributed by atoms with Gasteiger partial charge in [0.2, 0.25) is 0 Å². The summed E-state index contributed by atoms with van der Waals surface area (Å²) in [6.45, 7) is 1.87. The molecule has 1 heterocycles. The number of unbranched alkanes of at least 4 members (excludes halogenated alkanes) is 1. The standard InChI is InChI=1S/C11H18N4S.HI/c1-16-11(12)15-9-5-4-8-14-10-6-2-3-7-13-10;/h2-3,6-7H,4-5,8-9H2,1H3,(H2,12,15)(H,13,14);1H. The minimum absolute atomic E-state index is 0. The number of nitrogens with two attached hydrogens (primary N) is 1. The van der Waals surface area contributed by atoms with Crippen molar-refractivity contribution in [1.29, 1.82) is 0 Å². The molecular weight excluding hydrogens is 347 g/mol. The van der Waals surface area contributed by atoms with Crippen LogP contribution in [0.25, 0.3) is 0 Å². The molecule has 0 aliphatic heterocycles. The maximum absolute atomic E-state index is 5.62. The summed E-state index contributed by atoms with van der Waals surface area (Å²) in [5.74, 6) is 0.936. The SMILES string of the molecule is CSC(N)=[NH+]CCCCNc1ccccn1.[I-]. The van der Waals surface area contributed by atoms with E-state index in [1.165, 1.54) is 0 Å². The number of halogens is 1. The van der Waals surface area contributed by atoms with E-state index >= 15 is 0 Å². The van der Waals surface area contributed by atoms with Crippen LogP contribution in [0.5, 0.6) is 0 Å². The second kappa shape index (κ2) is 10.6. The van der Waals surface area contributed by atoms with Crippen molar-refractivity contribution in [1.82, 2.24) is 4.98 Å². The highest BCUT2D eigenvalue weighted by atomic mass is 127. The second-order valence-electron chi connectivity index (χ2n) is 3.34. The molecule has 0 fully saturated rings. The van der Waals surface area contributed by atoms with Gasteiger partial charge in [0, 0.05) is 12.7 Å². The first kappa shape index (κ1) is 16.5. The number of anilines is 1. The van der Waals surface area contributed by atoms with Crippen LogP contribution >= 0.6 is 11.8 Å². The summed E-state index contributed by atoms with van der Waals surface area (Å²) in [4.78, 5) is 7.33. The number of nitrogens with zero attached hydrogens (tertiary/aromatic N) is 1. The van der Waals surface area contributed by atoms with Crippen LogP contribution in [-0.2, 0) is 0 Å². The Hall–Kier alpha value is -0.500. The number of rotatable bonds is 6. The molecule has 1 rings (SSSR count). The predicted molar refractivity (Wildman–Crippen MR) is 70.5 cm³/mol. The highest BCUT2D eigenvalue weighted by molar-refractivity contribution is 8.12. The second-order valence-corrected chi connectivity index (χ2v) is 4.19. The van der Waals surface area contributed by atoms with Gasteiger partial charge in [-0.05, 0) is 43.0 Å². The molecule has 4 nitrogen and oxygen atoms in total. The average Bonchev–Trinajstić information content (AvgIpc) is 2.34. The summed E-state index contributed by atoms with van der Waals surface area (Å²) in [6, 6.07) is 5.86. The van der Waals surface area contributed by atoms with Gasteiger partial charge in [-0.2, -0.15) is 0 Å². The average molecular weight is 366 g/mol. The quantitative estimate of drug-likeness (QED) is 0.218.